The minimum Gasteiger partial charge on any atom is -0.306 e. The average Bonchev–Trinajstić information content (AvgIpc) is 2.51. The maximum absolute atomic E-state index is 3.96. The summed E-state index contributed by atoms with van der Waals surface area (Å²) in [7, 11) is 0. The minimum atomic E-state index is 0.382. The number of rotatable bonds is 4. The molecule has 0 aromatic carbocycles. The van der Waals surface area contributed by atoms with Crippen LogP contribution in [-0.4, -0.2) is 16.2 Å². The third-order valence-electron chi connectivity index (χ3n) is 3.36. The van der Waals surface area contributed by atoms with E-state index in [0.717, 1.165) is 5.92 Å². The summed E-state index contributed by atoms with van der Waals surface area (Å²) in [5.74, 6) is 0.889. The van der Waals surface area contributed by atoms with Gasteiger partial charge >= 0.3 is 0 Å². The maximum atomic E-state index is 3.96. The van der Waals surface area contributed by atoms with E-state index in [1.54, 1.807) is 0 Å². The van der Waals surface area contributed by atoms with Gasteiger partial charge in [0.05, 0.1) is 5.69 Å². The Morgan fingerprint density at radius 3 is 2.79 bits per heavy atom. The molecule has 1 aliphatic rings. The second-order valence-corrected chi connectivity index (χ2v) is 4.38. The lowest BCUT2D eigenvalue weighted by atomic mass is 9.80. The summed E-state index contributed by atoms with van der Waals surface area (Å²) in [6.07, 6.45) is 6.00. The van der Waals surface area contributed by atoms with Gasteiger partial charge in [0, 0.05) is 18.3 Å². The fourth-order valence-corrected chi connectivity index (χ4v) is 2.07. The Bertz CT molecular complexity index is 264. The van der Waals surface area contributed by atoms with Gasteiger partial charge in [0.25, 0.3) is 0 Å². The lowest BCUT2D eigenvalue weighted by Crippen LogP contribution is -2.38. The van der Waals surface area contributed by atoms with Crippen LogP contribution in [0.5, 0.6) is 0 Å². The Morgan fingerprint density at radius 1 is 1.50 bits per heavy atom. The van der Waals surface area contributed by atoms with E-state index in [9.17, 15) is 0 Å². The zero-order valence-corrected chi connectivity index (χ0v) is 8.96. The average molecular weight is 193 g/mol. The molecule has 0 spiro atoms. The number of aromatic amines is 1. The highest BCUT2D eigenvalue weighted by Gasteiger charge is 2.24. The first-order valence-electron chi connectivity index (χ1n) is 5.52. The van der Waals surface area contributed by atoms with Crippen LogP contribution in [0.15, 0.2) is 12.3 Å². The van der Waals surface area contributed by atoms with Gasteiger partial charge < -0.3 is 5.32 Å². The molecule has 0 saturated heterocycles. The fourth-order valence-electron chi connectivity index (χ4n) is 2.07. The molecule has 14 heavy (non-hydrogen) atoms. The third kappa shape index (κ3) is 1.98. The van der Waals surface area contributed by atoms with Crippen molar-refractivity contribution >= 4 is 0 Å². The Morgan fingerprint density at radius 2 is 2.29 bits per heavy atom. The number of nitrogens with one attached hydrogen (secondary N) is 2. The molecule has 1 saturated carbocycles. The molecule has 3 heteroatoms. The van der Waals surface area contributed by atoms with Crippen LogP contribution in [0.4, 0.5) is 0 Å². The van der Waals surface area contributed by atoms with E-state index in [4.69, 9.17) is 0 Å². The number of hydrogen-bond acceptors (Lipinski definition) is 2. The van der Waals surface area contributed by atoms with E-state index in [0.29, 0.717) is 12.1 Å². The highest BCUT2D eigenvalue weighted by atomic mass is 15.1. The van der Waals surface area contributed by atoms with Gasteiger partial charge in [0.2, 0.25) is 0 Å². The van der Waals surface area contributed by atoms with Gasteiger partial charge in [0.15, 0.2) is 0 Å². The van der Waals surface area contributed by atoms with Gasteiger partial charge in [-0.15, -0.1) is 0 Å². The van der Waals surface area contributed by atoms with Crippen LogP contribution in [0.1, 0.15) is 44.8 Å². The van der Waals surface area contributed by atoms with Gasteiger partial charge in [-0.2, -0.15) is 5.10 Å². The Balaban J connectivity index is 1.84. The summed E-state index contributed by atoms with van der Waals surface area (Å²) in [4.78, 5) is 0. The molecule has 0 amide bonds. The van der Waals surface area contributed by atoms with Gasteiger partial charge in [-0.3, -0.25) is 5.10 Å². The van der Waals surface area contributed by atoms with E-state index in [1.807, 2.05) is 12.3 Å². The van der Waals surface area contributed by atoms with Crippen LogP contribution in [0, 0.1) is 5.92 Å². The molecular weight excluding hydrogens is 174 g/mol. The van der Waals surface area contributed by atoms with E-state index < -0.39 is 0 Å². The summed E-state index contributed by atoms with van der Waals surface area (Å²) in [5.41, 5.74) is 1.18. The van der Waals surface area contributed by atoms with Crippen molar-refractivity contribution in [3.8, 4) is 0 Å². The summed E-state index contributed by atoms with van der Waals surface area (Å²) >= 11 is 0. The van der Waals surface area contributed by atoms with Crippen LogP contribution in [0.25, 0.3) is 0 Å². The van der Waals surface area contributed by atoms with E-state index in [2.05, 4.69) is 29.4 Å². The monoisotopic (exact) mass is 193 g/mol. The lowest BCUT2D eigenvalue weighted by molar-refractivity contribution is 0.229. The summed E-state index contributed by atoms with van der Waals surface area (Å²) in [6.45, 7) is 4.47. The van der Waals surface area contributed by atoms with Crippen molar-refractivity contribution < 1.29 is 0 Å². The van der Waals surface area contributed by atoms with Gasteiger partial charge in [-0.1, -0.05) is 6.42 Å². The molecule has 0 aliphatic heterocycles. The molecule has 3 nitrogen and oxygen atoms in total. The van der Waals surface area contributed by atoms with Crippen molar-refractivity contribution in [2.45, 2.75) is 45.2 Å². The summed E-state index contributed by atoms with van der Waals surface area (Å²) < 4.78 is 0. The largest absolute Gasteiger partial charge is 0.306 e. The zero-order valence-electron chi connectivity index (χ0n) is 8.96. The molecule has 2 N–H and O–H groups in total. The Hall–Kier alpha value is -0.830. The molecule has 0 radical (unpaired) electrons. The highest BCUT2D eigenvalue weighted by molar-refractivity contribution is 5.03. The molecule has 2 rings (SSSR count). The van der Waals surface area contributed by atoms with Crippen molar-refractivity contribution in [2.24, 2.45) is 5.92 Å². The van der Waals surface area contributed by atoms with E-state index >= 15 is 0 Å². The van der Waals surface area contributed by atoms with E-state index in [-0.39, 0.29) is 0 Å². The SMILES string of the molecule is CC(NC(C)C1CCC1)c1ccn[nH]1. The normalized spacial score (nSPS) is 21.6. The Labute approximate surface area is 85.3 Å². The quantitative estimate of drug-likeness (QED) is 0.770. The molecular formula is C11H19N3. The molecule has 1 aliphatic carbocycles. The second kappa shape index (κ2) is 4.13. The molecule has 0 bridgehead atoms. The molecule has 1 heterocycles. The number of aromatic nitrogens is 2. The second-order valence-electron chi connectivity index (χ2n) is 4.38. The van der Waals surface area contributed by atoms with Crippen LogP contribution < -0.4 is 5.32 Å². The summed E-state index contributed by atoms with van der Waals surface area (Å²) in [6, 6.07) is 3.04. The molecule has 1 aromatic rings. The fraction of sp³-hybridized carbons (Fsp3) is 0.727. The molecule has 78 valence electrons. The number of hydrogen-bond donors (Lipinski definition) is 2. The van der Waals surface area contributed by atoms with Crippen LogP contribution in [0.2, 0.25) is 0 Å². The number of nitrogens with zero attached hydrogens (tertiary/aromatic N) is 1. The first-order valence-corrected chi connectivity index (χ1v) is 5.52. The van der Waals surface area contributed by atoms with Crippen molar-refractivity contribution in [3.63, 3.8) is 0 Å². The van der Waals surface area contributed by atoms with Crippen LogP contribution >= 0.6 is 0 Å². The van der Waals surface area contributed by atoms with Crippen molar-refractivity contribution in [3.05, 3.63) is 18.0 Å². The zero-order chi connectivity index (χ0) is 9.97. The molecule has 2 atom stereocenters. The third-order valence-corrected chi connectivity index (χ3v) is 3.36. The van der Waals surface area contributed by atoms with Gasteiger partial charge in [-0.05, 0) is 38.7 Å². The standard InChI is InChI=1S/C11H19N3/c1-8(10-4-3-5-10)13-9(2)11-6-7-12-14-11/h6-10,13H,3-5H2,1-2H3,(H,12,14). The molecule has 2 unspecified atom stereocenters. The van der Waals surface area contributed by atoms with Gasteiger partial charge in [-0.25, -0.2) is 0 Å². The predicted octanol–water partition coefficient (Wildman–Crippen LogP) is 2.25. The topological polar surface area (TPSA) is 40.7 Å². The van der Waals surface area contributed by atoms with E-state index in [1.165, 1.54) is 25.0 Å². The molecule has 1 fully saturated rings. The van der Waals surface area contributed by atoms with Gasteiger partial charge in [0.1, 0.15) is 0 Å². The molecule has 1 aromatic heterocycles. The van der Waals surface area contributed by atoms with Crippen LogP contribution in [0.3, 0.4) is 0 Å². The highest BCUT2D eigenvalue weighted by Crippen LogP contribution is 2.30. The van der Waals surface area contributed by atoms with Crippen LogP contribution in [-0.2, 0) is 0 Å². The van der Waals surface area contributed by atoms with Crippen molar-refractivity contribution in [2.75, 3.05) is 0 Å². The first-order chi connectivity index (χ1) is 6.77. The minimum absolute atomic E-state index is 0.382. The van der Waals surface area contributed by atoms with Crippen molar-refractivity contribution in [1.82, 2.24) is 15.5 Å². The predicted molar refractivity (Wildman–Crippen MR) is 56.9 cm³/mol. The maximum Gasteiger partial charge on any atom is 0.0518 e. The number of H-pyrrole nitrogens is 1. The lowest BCUT2D eigenvalue weighted by Gasteiger charge is -2.33. The Kier molecular flexibility index (Phi) is 2.87. The first kappa shape index (κ1) is 9.71. The smallest absolute Gasteiger partial charge is 0.0518 e. The summed E-state index contributed by atoms with van der Waals surface area (Å²) in [5, 5.41) is 10.6. The van der Waals surface area contributed by atoms with Crippen molar-refractivity contribution in [1.29, 1.82) is 0 Å².